The molecule has 0 saturated carbocycles. The number of nitrogens with one attached hydrogen (secondary N) is 1. The predicted molar refractivity (Wildman–Crippen MR) is 86.8 cm³/mol. The third-order valence-electron chi connectivity index (χ3n) is 4.11. The van der Waals surface area contributed by atoms with Crippen LogP contribution in [0, 0.1) is 0 Å². The Kier molecular flexibility index (Phi) is 4.90. The largest absolute Gasteiger partial charge is 0.494 e. The number of aryl methyl sites for hydroxylation is 1. The van der Waals surface area contributed by atoms with Gasteiger partial charge in [-0.1, -0.05) is 42.5 Å². The molecule has 0 aromatic heterocycles. The fourth-order valence-corrected chi connectivity index (χ4v) is 2.96. The Labute approximate surface area is 127 Å². The standard InChI is InChI=1S/C19H23NO/c1-2-9-19(10-3-1)21-14-6-13-20-18-12-11-16-7-4-5-8-17(16)15-18/h1-5,7-10,18,20H,6,11-15H2. The van der Waals surface area contributed by atoms with Crippen LogP contribution in [-0.2, 0) is 12.8 Å². The molecule has 0 radical (unpaired) electrons. The first-order valence-electron chi connectivity index (χ1n) is 7.90. The van der Waals surface area contributed by atoms with Crippen LogP contribution in [0.3, 0.4) is 0 Å². The van der Waals surface area contributed by atoms with Crippen molar-refractivity contribution in [2.75, 3.05) is 13.2 Å². The highest BCUT2D eigenvalue weighted by Gasteiger charge is 2.17. The van der Waals surface area contributed by atoms with Crippen molar-refractivity contribution in [3.63, 3.8) is 0 Å². The Morgan fingerprint density at radius 3 is 2.57 bits per heavy atom. The van der Waals surface area contributed by atoms with Crippen molar-refractivity contribution in [3.05, 3.63) is 65.7 Å². The van der Waals surface area contributed by atoms with Crippen LogP contribution in [0.15, 0.2) is 54.6 Å². The molecule has 1 aliphatic rings. The molecule has 1 aliphatic carbocycles. The Morgan fingerprint density at radius 1 is 0.952 bits per heavy atom. The molecular formula is C19H23NO. The highest BCUT2D eigenvalue weighted by molar-refractivity contribution is 5.30. The second-order valence-electron chi connectivity index (χ2n) is 5.68. The second-order valence-corrected chi connectivity index (χ2v) is 5.68. The van der Waals surface area contributed by atoms with Gasteiger partial charge in [0.1, 0.15) is 5.75 Å². The summed E-state index contributed by atoms with van der Waals surface area (Å²) in [7, 11) is 0. The molecule has 0 bridgehead atoms. The van der Waals surface area contributed by atoms with E-state index in [1.807, 2.05) is 30.3 Å². The minimum absolute atomic E-state index is 0.622. The van der Waals surface area contributed by atoms with Crippen LogP contribution in [0.2, 0.25) is 0 Å². The quantitative estimate of drug-likeness (QED) is 0.817. The summed E-state index contributed by atoms with van der Waals surface area (Å²) in [6, 6.07) is 19.5. The van der Waals surface area contributed by atoms with Gasteiger partial charge in [-0.25, -0.2) is 0 Å². The van der Waals surface area contributed by atoms with Crippen LogP contribution in [0.1, 0.15) is 24.0 Å². The molecular weight excluding hydrogens is 258 g/mol. The van der Waals surface area contributed by atoms with Crippen LogP contribution in [0.25, 0.3) is 0 Å². The van der Waals surface area contributed by atoms with Gasteiger partial charge in [0.2, 0.25) is 0 Å². The summed E-state index contributed by atoms with van der Waals surface area (Å²) in [5, 5.41) is 3.67. The summed E-state index contributed by atoms with van der Waals surface area (Å²) >= 11 is 0. The van der Waals surface area contributed by atoms with E-state index in [0.29, 0.717) is 6.04 Å². The lowest BCUT2D eigenvalue weighted by atomic mass is 9.88. The first-order chi connectivity index (χ1) is 10.4. The maximum atomic E-state index is 5.71. The van der Waals surface area contributed by atoms with E-state index in [4.69, 9.17) is 4.74 Å². The molecule has 0 amide bonds. The van der Waals surface area contributed by atoms with Crippen molar-refractivity contribution in [2.24, 2.45) is 0 Å². The van der Waals surface area contributed by atoms with E-state index in [1.54, 1.807) is 0 Å². The Morgan fingerprint density at radius 2 is 1.71 bits per heavy atom. The zero-order chi connectivity index (χ0) is 14.3. The molecule has 1 unspecified atom stereocenters. The van der Waals surface area contributed by atoms with Crippen molar-refractivity contribution in [3.8, 4) is 5.75 Å². The SMILES string of the molecule is c1ccc(OCCCNC2CCc3ccccc3C2)cc1. The Bertz CT molecular complexity index is 553. The van der Waals surface area contributed by atoms with Crippen LogP contribution in [0.5, 0.6) is 5.75 Å². The van der Waals surface area contributed by atoms with Crippen molar-refractivity contribution in [2.45, 2.75) is 31.7 Å². The van der Waals surface area contributed by atoms with E-state index in [-0.39, 0.29) is 0 Å². The zero-order valence-corrected chi connectivity index (χ0v) is 12.4. The van der Waals surface area contributed by atoms with Gasteiger partial charge in [-0.15, -0.1) is 0 Å². The van der Waals surface area contributed by atoms with Gasteiger partial charge in [-0.3, -0.25) is 0 Å². The van der Waals surface area contributed by atoms with Gasteiger partial charge in [-0.05, 0) is 55.5 Å². The third-order valence-corrected chi connectivity index (χ3v) is 4.11. The molecule has 0 aliphatic heterocycles. The van der Waals surface area contributed by atoms with E-state index in [2.05, 4.69) is 29.6 Å². The first kappa shape index (κ1) is 14.2. The van der Waals surface area contributed by atoms with Gasteiger partial charge in [0, 0.05) is 6.04 Å². The molecule has 21 heavy (non-hydrogen) atoms. The summed E-state index contributed by atoms with van der Waals surface area (Å²) in [4.78, 5) is 0. The molecule has 0 fully saturated rings. The van der Waals surface area contributed by atoms with Gasteiger partial charge in [0.05, 0.1) is 6.61 Å². The molecule has 1 atom stereocenters. The van der Waals surface area contributed by atoms with Crippen molar-refractivity contribution >= 4 is 0 Å². The number of ether oxygens (including phenoxy) is 1. The molecule has 2 nitrogen and oxygen atoms in total. The van der Waals surface area contributed by atoms with Crippen LogP contribution >= 0.6 is 0 Å². The molecule has 2 aromatic carbocycles. The molecule has 1 N–H and O–H groups in total. The summed E-state index contributed by atoms with van der Waals surface area (Å²) in [6.45, 7) is 1.81. The van der Waals surface area contributed by atoms with Crippen LogP contribution in [0.4, 0.5) is 0 Å². The highest BCUT2D eigenvalue weighted by atomic mass is 16.5. The lowest BCUT2D eigenvalue weighted by Crippen LogP contribution is -2.35. The Balaban J connectivity index is 1.35. The molecule has 0 saturated heterocycles. The molecule has 3 rings (SSSR count). The van der Waals surface area contributed by atoms with E-state index >= 15 is 0 Å². The van der Waals surface area contributed by atoms with E-state index in [1.165, 1.54) is 24.0 Å². The molecule has 2 aromatic rings. The zero-order valence-electron chi connectivity index (χ0n) is 12.4. The van der Waals surface area contributed by atoms with Gasteiger partial charge >= 0.3 is 0 Å². The van der Waals surface area contributed by atoms with Crippen molar-refractivity contribution in [1.82, 2.24) is 5.32 Å². The summed E-state index contributed by atoms with van der Waals surface area (Å²) in [6.07, 6.45) is 4.66. The number of rotatable bonds is 6. The monoisotopic (exact) mass is 281 g/mol. The van der Waals surface area contributed by atoms with Gasteiger partial charge in [-0.2, -0.15) is 0 Å². The molecule has 2 heteroatoms. The molecule has 0 heterocycles. The normalized spacial score (nSPS) is 17.2. The summed E-state index contributed by atoms with van der Waals surface area (Å²) < 4.78 is 5.71. The summed E-state index contributed by atoms with van der Waals surface area (Å²) in [5.74, 6) is 0.962. The Hall–Kier alpha value is -1.80. The second kappa shape index (κ2) is 7.28. The minimum Gasteiger partial charge on any atom is -0.494 e. The van der Waals surface area contributed by atoms with E-state index < -0.39 is 0 Å². The van der Waals surface area contributed by atoms with E-state index in [9.17, 15) is 0 Å². The number of benzene rings is 2. The topological polar surface area (TPSA) is 21.3 Å². The minimum atomic E-state index is 0.622. The van der Waals surface area contributed by atoms with Gasteiger partial charge in [0.25, 0.3) is 0 Å². The predicted octanol–water partition coefficient (Wildman–Crippen LogP) is 3.60. The highest BCUT2D eigenvalue weighted by Crippen LogP contribution is 2.20. The van der Waals surface area contributed by atoms with Gasteiger partial charge < -0.3 is 10.1 Å². The lowest BCUT2D eigenvalue weighted by Gasteiger charge is -2.25. The fourth-order valence-electron chi connectivity index (χ4n) is 2.96. The number of para-hydroxylation sites is 1. The number of hydrogen-bond acceptors (Lipinski definition) is 2. The first-order valence-corrected chi connectivity index (χ1v) is 7.90. The molecule has 110 valence electrons. The van der Waals surface area contributed by atoms with Crippen LogP contribution in [-0.4, -0.2) is 19.2 Å². The smallest absolute Gasteiger partial charge is 0.119 e. The fraction of sp³-hybridized carbons (Fsp3) is 0.368. The van der Waals surface area contributed by atoms with Crippen LogP contribution < -0.4 is 10.1 Å². The number of hydrogen-bond donors (Lipinski definition) is 1. The maximum Gasteiger partial charge on any atom is 0.119 e. The summed E-state index contributed by atoms with van der Waals surface area (Å²) in [5.41, 5.74) is 3.05. The number of fused-ring (bicyclic) bond motifs is 1. The van der Waals surface area contributed by atoms with E-state index in [0.717, 1.165) is 31.7 Å². The third kappa shape index (κ3) is 4.08. The average Bonchev–Trinajstić information content (AvgIpc) is 2.55. The van der Waals surface area contributed by atoms with Crippen molar-refractivity contribution in [1.29, 1.82) is 0 Å². The van der Waals surface area contributed by atoms with Gasteiger partial charge in [0.15, 0.2) is 0 Å². The lowest BCUT2D eigenvalue weighted by molar-refractivity contribution is 0.302. The van der Waals surface area contributed by atoms with Crippen molar-refractivity contribution < 1.29 is 4.74 Å². The maximum absolute atomic E-state index is 5.71. The molecule has 0 spiro atoms. The average molecular weight is 281 g/mol.